The molecule has 2 heterocycles. The SMILES string of the molecule is CCN(CC)c1ccc2c3c(ccc2c1)C1(c2ccccc2C(=O)N1CC(C)=O)c1ccc2cccc(N(CC)CC)c2c1O3. The van der Waals surface area contributed by atoms with Crippen molar-refractivity contribution in [2.24, 2.45) is 0 Å². The number of ketones is 1. The van der Waals surface area contributed by atoms with Gasteiger partial charge in [-0.2, -0.15) is 0 Å². The van der Waals surface area contributed by atoms with E-state index in [9.17, 15) is 9.59 Å². The number of fused-ring (bicyclic) bond motifs is 10. The second kappa shape index (κ2) is 11.0. The number of rotatable bonds is 8. The Labute approximate surface area is 264 Å². The molecule has 0 saturated heterocycles. The largest absolute Gasteiger partial charge is 0.455 e. The maximum Gasteiger partial charge on any atom is 0.255 e. The first kappa shape index (κ1) is 28.9. The summed E-state index contributed by atoms with van der Waals surface area (Å²) >= 11 is 0. The van der Waals surface area contributed by atoms with Crippen LogP contribution in [0.3, 0.4) is 0 Å². The highest BCUT2D eigenvalue weighted by atomic mass is 16.5. The van der Waals surface area contributed by atoms with Gasteiger partial charge in [0.2, 0.25) is 0 Å². The average Bonchev–Trinajstić information content (AvgIpc) is 3.29. The van der Waals surface area contributed by atoms with Crippen molar-refractivity contribution >= 4 is 44.6 Å². The number of Topliss-reactive ketones (excluding diaryl/α,β-unsaturated/α-hetero) is 1. The zero-order chi connectivity index (χ0) is 31.5. The summed E-state index contributed by atoms with van der Waals surface area (Å²) in [6.45, 7) is 13.7. The van der Waals surface area contributed by atoms with Crippen LogP contribution in [0, 0.1) is 0 Å². The molecule has 0 fully saturated rings. The van der Waals surface area contributed by atoms with Crippen LogP contribution in [-0.2, 0) is 10.3 Å². The van der Waals surface area contributed by atoms with Crippen molar-refractivity contribution in [3.63, 3.8) is 0 Å². The van der Waals surface area contributed by atoms with Gasteiger partial charge in [0.1, 0.15) is 22.8 Å². The maximum absolute atomic E-state index is 14.3. The minimum absolute atomic E-state index is 0.0128. The normalized spacial score (nSPS) is 16.5. The number of benzene rings is 5. The Kier molecular flexibility index (Phi) is 7.03. The Morgan fingerprint density at radius 2 is 1.42 bits per heavy atom. The molecule has 0 aromatic heterocycles. The van der Waals surface area contributed by atoms with E-state index in [0.717, 1.165) is 87.3 Å². The molecule has 2 aliphatic rings. The minimum atomic E-state index is -1.04. The lowest BCUT2D eigenvalue weighted by Gasteiger charge is -2.44. The molecule has 5 aromatic carbocycles. The molecule has 45 heavy (non-hydrogen) atoms. The van der Waals surface area contributed by atoms with E-state index in [-0.39, 0.29) is 18.2 Å². The van der Waals surface area contributed by atoms with Crippen LogP contribution in [0.15, 0.2) is 84.9 Å². The van der Waals surface area contributed by atoms with Crippen molar-refractivity contribution in [3.05, 3.63) is 107 Å². The van der Waals surface area contributed by atoms with Crippen molar-refractivity contribution in [3.8, 4) is 11.5 Å². The zero-order valence-electron chi connectivity index (χ0n) is 26.7. The molecule has 2 aliphatic heterocycles. The monoisotopic (exact) mass is 597 g/mol. The van der Waals surface area contributed by atoms with Gasteiger partial charge in [0.15, 0.2) is 0 Å². The van der Waals surface area contributed by atoms with Crippen LogP contribution in [0.5, 0.6) is 11.5 Å². The van der Waals surface area contributed by atoms with Crippen LogP contribution in [0.1, 0.15) is 61.7 Å². The molecule has 1 amide bonds. The Morgan fingerprint density at radius 1 is 0.733 bits per heavy atom. The van der Waals surface area contributed by atoms with Gasteiger partial charge < -0.3 is 19.4 Å². The summed E-state index contributed by atoms with van der Waals surface area (Å²) in [5.74, 6) is 1.25. The standard InChI is InChI=1S/C39H39N3O3/c1-6-40(7-2)28-19-20-29-27(23-28)18-22-32-36(29)45-37-33(21-17-26-13-12-16-34(35(26)37)41(8-3)9-4)39(32)31-15-11-10-14-30(31)38(44)42(39)24-25(5)43/h10-23H,6-9,24H2,1-5H3. The Bertz CT molecular complexity index is 1990. The second-order valence-electron chi connectivity index (χ2n) is 12.0. The van der Waals surface area contributed by atoms with E-state index in [2.05, 4.69) is 98.2 Å². The predicted molar refractivity (Wildman–Crippen MR) is 183 cm³/mol. The molecule has 0 N–H and O–H groups in total. The Balaban J connectivity index is 1.63. The quantitative estimate of drug-likeness (QED) is 0.181. The van der Waals surface area contributed by atoms with Gasteiger partial charge in [0, 0.05) is 65.0 Å². The molecule has 228 valence electrons. The molecule has 6 heteroatoms. The van der Waals surface area contributed by atoms with Gasteiger partial charge in [-0.1, -0.05) is 54.6 Å². The molecule has 0 bridgehead atoms. The Hall–Kier alpha value is -4.84. The molecule has 0 aliphatic carbocycles. The summed E-state index contributed by atoms with van der Waals surface area (Å²) < 4.78 is 7.16. The molecule has 1 unspecified atom stereocenters. The van der Waals surface area contributed by atoms with Crippen LogP contribution >= 0.6 is 0 Å². The highest BCUT2D eigenvalue weighted by molar-refractivity contribution is 6.07. The van der Waals surface area contributed by atoms with Crippen LogP contribution in [-0.4, -0.2) is 49.3 Å². The lowest BCUT2D eigenvalue weighted by molar-refractivity contribution is -0.118. The number of carbonyl (C=O) groups is 2. The molecule has 1 atom stereocenters. The zero-order valence-corrected chi connectivity index (χ0v) is 26.7. The van der Waals surface area contributed by atoms with Crippen LogP contribution in [0.25, 0.3) is 21.5 Å². The van der Waals surface area contributed by atoms with Gasteiger partial charge in [0.05, 0.1) is 6.54 Å². The number of hydrogen-bond acceptors (Lipinski definition) is 5. The van der Waals surface area contributed by atoms with Gasteiger partial charge in [0.25, 0.3) is 5.91 Å². The van der Waals surface area contributed by atoms with Crippen LogP contribution in [0.2, 0.25) is 0 Å². The average molecular weight is 598 g/mol. The van der Waals surface area contributed by atoms with E-state index >= 15 is 0 Å². The molecule has 5 aromatic rings. The van der Waals surface area contributed by atoms with Gasteiger partial charge >= 0.3 is 0 Å². The first-order valence-electron chi connectivity index (χ1n) is 16.1. The second-order valence-corrected chi connectivity index (χ2v) is 12.0. The topological polar surface area (TPSA) is 53.1 Å². The molecule has 7 rings (SSSR count). The van der Waals surface area contributed by atoms with Gasteiger partial charge in [-0.15, -0.1) is 0 Å². The number of hydrogen-bond donors (Lipinski definition) is 0. The summed E-state index contributed by atoms with van der Waals surface area (Å²) in [6, 6.07) is 29.2. The molecular formula is C39H39N3O3. The third-order valence-corrected chi connectivity index (χ3v) is 9.72. The van der Waals surface area contributed by atoms with E-state index < -0.39 is 5.54 Å². The first-order valence-corrected chi connectivity index (χ1v) is 16.1. The predicted octanol–water partition coefficient (Wildman–Crippen LogP) is 8.13. The number of nitrogens with zero attached hydrogens (tertiary/aromatic N) is 3. The first-order chi connectivity index (χ1) is 21.9. The third-order valence-electron chi connectivity index (χ3n) is 9.72. The van der Waals surface area contributed by atoms with Crippen LogP contribution in [0.4, 0.5) is 11.4 Å². The van der Waals surface area contributed by atoms with Gasteiger partial charge in [-0.25, -0.2) is 0 Å². The lowest BCUT2D eigenvalue weighted by atomic mass is 9.73. The van der Waals surface area contributed by atoms with E-state index in [0.29, 0.717) is 5.56 Å². The minimum Gasteiger partial charge on any atom is -0.455 e. The number of amides is 1. The van der Waals surface area contributed by atoms with E-state index in [1.165, 1.54) is 0 Å². The fourth-order valence-corrected chi connectivity index (χ4v) is 7.68. The fraction of sp³-hybridized carbons (Fsp3) is 0.282. The third kappa shape index (κ3) is 4.08. The van der Waals surface area contributed by atoms with Crippen molar-refractivity contribution in [1.29, 1.82) is 0 Å². The van der Waals surface area contributed by atoms with Gasteiger partial charge in [-0.05, 0) is 81.3 Å². The van der Waals surface area contributed by atoms with Crippen LogP contribution < -0.4 is 14.5 Å². The molecule has 0 saturated carbocycles. The van der Waals surface area contributed by atoms with Crippen molar-refractivity contribution < 1.29 is 14.3 Å². The van der Waals surface area contributed by atoms with E-state index in [1.54, 1.807) is 11.8 Å². The summed E-state index contributed by atoms with van der Waals surface area (Å²) in [5, 5.41) is 4.12. The number of anilines is 2. The van der Waals surface area contributed by atoms with E-state index in [4.69, 9.17) is 4.74 Å². The number of ether oxygens (including phenoxy) is 1. The smallest absolute Gasteiger partial charge is 0.255 e. The highest BCUT2D eigenvalue weighted by Gasteiger charge is 2.57. The van der Waals surface area contributed by atoms with E-state index in [1.807, 2.05) is 24.3 Å². The fourth-order valence-electron chi connectivity index (χ4n) is 7.68. The highest BCUT2D eigenvalue weighted by Crippen LogP contribution is 2.60. The summed E-state index contributed by atoms with van der Waals surface area (Å²) in [7, 11) is 0. The van der Waals surface area contributed by atoms with Gasteiger partial charge in [-0.3, -0.25) is 9.59 Å². The summed E-state index contributed by atoms with van der Waals surface area (Å²) in [4.78, 5) is 33.7. The number of carbonyl (C=O) groups excluding carboxylic acids is 2. The Morgan fingerprint density at radius 3 is 2.13 bits per heavy atom. The summed E-state index contributed by atoms with van der Waals surface area (Å²) in [6.07, 6.45) is 0. The van der Waals surface area contributed by atoms with Crippen molar-refractivity contribution in [1.82, 2.24) is 4.90 Å². The molecule has 0 radical (unpaired) electrons. The van der Waals surface area contributed by atoms with Crippen molar-refractivity contribution in [2.75, 3.05) is 42.5 Å². The van der Waals surface area contributed by atoms with Crippen molar-refractivity contribution in [2.45, 2.75) is 40.2 Å². The maximum atomic E-state index is 14.3. The molecule has 1 spiro atoms. The molecule has 6 nitrogen and oxygen atoms in total. The molecular weight excluding hydrogens is 558 g/mol. The lowest BCUT2D eigenvalue weighted by Crippen LogP contribution is -2.49. The summed E-state index contributed by atoms with van der Waals surface area (Å²) in [5.41, 5.74) is 4.45.